The maximum absolute atomic E-state index is 14.5. The molecule has 0 radical (unpaired) electrons. The summed E-state index contributed by atoms with van der Waals surface area (Å²) in [5, 5.41) is 3.21. The highest BCUT2D eigenvalue weighted by atomic mass is 19.1. The second kappa shape index (κ2) is 13.8. The van der Waals surface area contributed by atoms with Crippen LogP contribution in [0.1, 0.15) is 34.3 Å². The van der Waals surface area contributed by atoms with E-state index in [4.69, 9.17) is 9.47 Å². The van der Waals surface area contributed by atoms with Crippen LogP contribution in [-0.4, -0.2) is 44.0 Å². The topological polar surface area (TPSA) is 84.9 Å². The van der Waals surface area contributed by atoms with Crippen LogP contribution >= 0.6 is 0 Å². The Morgan fingerprint density at radius 1 is 0.884 bits per heavy atom. The normalized spacial score (nSPS) is 13.1. The van der Waals surface area contributed by atoms with Crippen molar-refractivity contribution in [1.29, 1.82) is 0 Å². The standard InChI is InChI=1S/C35H33FN2O5/c1-42-35(41)31(37-30-13-7-5-11-28(30)33(39)25-9-3-2-4-10-25)23-24-15-19-27(20-16-24)43-22-21-38(34(40)26-17-18-26)32-14-8-6-12-29(32)36/h2-16,19-20,26,31,37H,17-18,21-23H2,1H3/t31-/m0/s1. The summed E-state index contributed by atoms with van der Waals surface area (Å²) in [6, 6.07) is 28.8. The Bertz CT molecular complexity index is 1570. The fraction of sp³-hybridized carbons (Fsp3) is 0.229. The second-order valence-corrected chi connectivity index (χ2v) is 10.4. The molecule has 8 heteroatoms. The van der Waals surface area contributed by atoms with Gasteiger partial charge in [-0.15, -0.1) is 0 Å². The molecule has 1 saturated carbocycles. The van der Waals surface area contributed by atoms with Gasteiger partial charge in [0, 0.05) is 29.2 Å². The van der Waals surface area contributed by atoms with Gasteiger partial charge in [0.05, 0.1) is 19.3 Å². The van der Waals surface area contributed by atoms with Crippen LogP contribution in [0.5, 0.6) is 5.75 Å². The number of para-hydroxylation sites is 2. The van der Waals surface area contributed by atoms with Gasteiger partial charge in [0.25, 0.3) is 0 Å². The summed E-state index contributed by atoms with van der Waals surface area (Å²) in [6.07, 6.45) is 1.95. The van der Waals surface area contributed by atoms with Crippen molar-refractivity contribution in [3.8, 4) is 5.75 Å². The van der Waals surface area contributed by atoms with E-state index in [0.29, 0.717) is 29.0 Å². The quantitative estimate of drug-likeness (QED) is 0.153. The molecule has 1 N–H and O–H groups in total. The van der Waals surface area contributed by atoms with Gasteiger partial charge in [0.1, 0.15) is 24.2 Å². The summed E-state index contributed by atoms with van der Waals surface area (Å²) in [4.78, 5) is 40.2. The molecule has 4 aromatic rings. The zero-order chi connectivity index (χ0) is 30.2. The maximum Gasteiger partial charge on any atom is 0.328 e. The number of carbonyl (C=O) groups is 3. The van der Waals surface area contributed by atoms with Crippen LogP contribution in [0, 0.1) is 11.7 Å². The number of ketones is 1. The third kappa shape index (κ3) is 7.46. The molecule has 0 saturated heterocycles. The highest BCUT2D eigenvalue weighted by Crippen LogP contribution is 2.33. The van der Waals surface area contributed by atoms with Gasteiger partial charge in [-0.2, -0.15) is 0 Å². The largest absolute Gasteiger partial charge is 0.492 e. The summed E-state index contributed by atoms with van der Waals surface area (Å²) in [7, 11) is 1.33. The highest BCUT2D eigenvalue weighted by Gasteiger charge is 2.34. The predicted octanol–water partition coefficient (Wildman–Crippen LogP) is 6.07. The third-order valence-corrected chi connectivity index (χ3v) is 7.31. The van der Waals surface area contributed by atoms with Gasteiger partial charge in [-0.25, -0.2) is 9.18 Å². The summed E-state index contributed by atoms with van der Waals surface area (Å²) in [5.74, 6) is -0.618. The lowest BCUT2D eigenvalue weighted by Crippen LogP contribution is -2.36. The molecule has 1 fully saturated rings. The van der Waals surface area contributed by atoms with E-state index < -0.39 is 17.8 Å². The van der Waals surface area contributed by atoms with Crippen molar-refractivity contribution >= 4 is 29.0 Å². The maximum atomic E-state index is 14.5. The summed E-state index contributed by atoms with van der Waals surface area (Å²) >= 11 is 0. The molecule has 5 rings (SSSR count). The lowest BCUT2D eigenvalue weighted by atomic mass is 10.00. The van der Waals surface area contributed by atoms with Crippen molar-refractivity contribution < 1.29 is 28.2 Å². The lowest BCUT2D eigenvalue weighted by Gasteiger charge is -2.23. The molecule has 1 aliphatic rings. The molecule has 0 aliphatic heterocycles. The molecule has 0 heterocycles. The van der Waals surface area contributed by atoms with E-state index in [1.165, 1.54) is 18.1 Å². The summed E-state index contributed by atoms with van der Waals surface area (Å²) in [6.45, 7) is 0.401. The number of nitrogens with one attached hydrogen (secondary N) is 1. The molecule has 43 heavy (non-hydrogen) atoms. The van der Waals surface area contributed by atoms with Crippen LogP contribution < -0.4 is 15.0 Å². The van der Waals surface area contributed by atoms with Gasteiger partial charge < -0.3 is 19.7 Å². The van der Waals surface area contributed by atoms with Crippen LogP contribution in [0.2, 0.25) is 0 Å². The number of nitrogens with zero attached hydrogens (tertiary/aromatic N) is 1. The molecule has 4 aromatic carbocycles. The monoisotopic (exact) mass is 580 g/mol. The Morgan fingerprint density at radius 3 is 2.26 bits per heavy atom. The molecule has 0 bridgehead atoms. The molecule has 1 amide bonds. The van der Waals surface area contributed by atoms with Crippen molar-refractivity contribution in [3.05, 3.63) is 126 Å². The van der Waals surface area contributed by atoms with E-state index in [-0.39, 0.29) is 36.4 Å². The number of rotatable bonds is 13. The molecule has 0 aromatic heterocycles. The van der Waals surface area contributed by atoms with Crippen molar-refractivity contribution in [2.45, 2.75) is 25.3 Å². The average molecular weight is 581 g/mol. The number of esters is 1. The van der Waals surface area contributed by atoms with E-state index in [1.807, 2.05) is 18.2 Å². The average Bonchev–Trinajstić information content (AvgIpc) is 3.90. The number of amides is 1. The number of ether oxygens (including phenoxy) is 2. The number of hydrogen-bond donors (Lipinski definition) is 1. The Morgan fingerprint density at radius 2 is 1.56 bits per heavy atom. The summed E-state index contributed by atoms with van der Waals surface area (Å²) in [5.41, 5.74) is 2.64. The predicted molar refractivity (Wildman–Crippen MR) is 163 cm³/mol. The van der Waals surface area contributed by atoms with Crippen LogP contribution in [0.4, 0.5) is 15.8 Å². The minimum Gasteiger partial charge on any atom is -0.492 e. The third-order valence-electron chi connectivity index (χ3n) is 7.31. The van der Waals surface area contributed by atoms with Gasteiger partial charge in [-0.3, -0.25) is 9.59 Å². The molecule has 1 atom stereocenters. The number of anilines is 2. The number of halogens is 1. The first-order chi connectivity index (χ1) is 20.9. The number of carbonyl (C=O) groups excluding carboxylic acids is 3. The minimum absolute atomic E-state index is 0.0568. The van der Waals surface area contributed by atoms with E-state index in [9.17, 15) is 18.8 Å². The smallest absolute Gasteiger partial charge is 0.328 e. The minimum atomic E-state index is -0.746. The van der Waals surface area contributed by atoms with Crippen LogP contribution in [0.25, 0.3) is 0 Å². The Balaban J connectivity index is 1.23. The molecule has 7 nitrogen and oxygen atoms in total. The van der Waals surface area contributed by atoms with E-state index in [2.05, 4.69) is 5.32 Å². The zero-order valence-electron chi connectivity index (χ0n) is 23.9. The first-order valence-electron chi connectivity index (χ1n) is 14.3. The summed E-state index contributed by atoms with van der Waals surface area (Å²) < 4.78 is 25.4. The zero-order valence-corrected chi connectivity index (χ0v) is 23.9. The van der Waals surface area contributed by atoms with Crippen molar-refractivity contribution in [2.24, 2.45) is 5.92 Å². The fourth-order valence-corrected chi connectivity index (χ4v) is 4.86. The van der Waals surface area contributed by atoms with Gasteiger partial charge in [0.15, 0.2) is 5.78 Å². The first-order valence-corrected chi connectivity index (χ1v) is 14.3. The fourth-order valence-electron chi connectivity index (χ4n) is 4.86. The number of hydrogen-bond acceptors (Lipinski definition) is 6. The van der Waals surface area contributed by atoms with Crippen LogP contribution in [0.3, 0.4) is 0 Å². The first kappa shape index (κ1) is 29.5. The highest BCUT2D eigenvalue weighted by molar-refractivity contribution is 6.12. The Labute approximate surface area is 250 Å². The molecule has 1 aliphatic carbocycles. The van der Waals surface area contributed by atoms with Gasteiger partial charge in [-0.1, -0.05) is 66.7 Å². The van der Waals surface area contributed by atoms with Gasteiger partial charge >= 0.3 is 5.97 Å². The van der Waals surface area contributed by atoms with Crippen molar-refractivity contribution in [1.82, 2.24) is 0 Å². The molecular formula is C35H33FN2O5. The van der Waals surface area contributed by atoms with E-state index in [0.717, 1.165) is 18.4 Å². The molecule has 220 valence electrons. The van der Waals surface area contributed by atoms with Crippen molar-refractivity contribution in [3.63, 3.8) is 0 Å². The second-order valence-electron chi connectivity index (χ2n) is 10.4. The molecule has 0 spiro atoms. The number of benzene rings is 4. The van der Waals surface area contributed by atoms with Crippen LogP contribution in [-0.2, 0) is 20.7 Å². The SMILES string of the molecule is COC(=O)[C@H](Cc1ccc(OCCN(C(=O)C2CC2)c2ccccc2F)cc1)Nc1ccccc1C(=O)c1ccccc1. The van der Waals surface area contributed by atoms with Crippen molar-refractivity contribution in [2.75, 3.05) is 30.5 Å². The van der Waals surface area contributed by atoms with Gasteiger partial charge in [-0.05, 0) is 54.8 Å². The van der Waals surface area contributed by atoms with Crippen LogP contribution in [0.15, 0.2) is 103 Å². The van der Waals surface area contributed by atoms with Gasteiger partial charge in [0.2, 0.25) is 5.91 Å². The Hall–Kier alpha value is -4.98. The van der Waals surface area contributed by atoms with E-state index in [1.54, 1.807) is 78.9 Å². The Kier molecular flexibility index (Phi) is 9.46. The lowest BCUT2D eigenvalue weighted by molar-refractivity contribution is -0.141. The van der Waals surface area contributed by atoms with E-state index >= 15 is 0 Å². The molecular weight excluding hydrogens is 547 g/mol. The number of methoxy groups -OCH3 is 1. The molecule has 0 unspecified atom stereocenters.